The van der Waals surface area contributed by atoms with Crippen LogP contribution in [0.1, 0.15) is 28.8 Å². The minimum Gasteiger partial charge on any atom is -0.493 e. The number of aromatic carboxylic acids is 1. The topological polar surface area (TPSA) is 46.5 Å². The van der Waals surface area contributed by atoms with Gasteiger partial charge in [0.15, 0.2) is 0 Å². The maximum absolute atomic E-state index is 10.6. The molecule has 1 N–H and O–H groups in total. The molecule has 15 heavy (non-hydrogen) atoms. The van der Waals surface area contributed by atoms with Crippen molar-refractivity contribution in [3.8, 4) is 0 Å². The molecule has 3 heteroatoms. The van der Waals surface area contributed by atoms with Crippen molar-refractivity contribution in [2.24, 2.45) is 0 Å². The lowest BCUT2D eigenvalue weighted by atomic mass is 10.1. The smallest absolute Gasteiger partial charge is 0.335 e. The van der Waals surface area contributed by atoms with Crippen LogP contribution in [0.5, 0.6) is 0 Å². The van der Waals surface area contributed by atoms with Gasteiger partial charge in [-0.05, 0) is 31.1 Å². The van der Waals surface area contributed by atoms with Crippen molar-refractivity contribution in [3.05, 3.63) is 41.5 Å². The molecule has 0 amide bonds. The zero-order valence-corrected chi connectivity index (χ0v) is 8.27. The van der Waals surface area contributed by atoms with Gasteiger partial charge in [0.1, 0.15) is 5.76 Å². The number of rotatable bonds is 2. The van der Waals surface area contributed by atoms with Gasteiger partial charge in [-0.1, -0.05) is 12.1 Å². The second-order valence-corrected chi connectivity index (χ2v) is 3.44. The van der Waals surface area contributed by atoms with Crippen LogP contribution < -0.4 is 0 Å². The van der Waals surface area contributed by atoms with Crippen LogP contribution >= 0.6 is 0 Å². The Morgan fingerprint density at radius 2 is 2.00 bits per heavy atom. The fourth-order valence-corrected chi connectivity index (χ4v) is 1.54. The molecule has 0 atom stereocenters. The third-order valence-electron chi connectivity index (χ3n) is 2.35. The summed E-state index contributed by atoms with van der Waals surface area (Å²) in [6.07, 6.45) is 4.12. The lowest BCUT2D eigenvalue weighted by molar-refractivity contribution is 0.0697. The third kappa shape index (κ3) is 2.18. The van der Waals surface area contributed by atoms with Crippen molar-refractivity contribution in [2.45, 2.75) is 12.8 Å². The van der Waals surface area contributed by atoms with E-state index in [9.17, 15) is 4.79 Å². The predicted molar refractivity (Wildman–Crippen MR) is 56.6 cm³/mol. The lowest BCUT2D eigenvalue weighted by Crippen LogP contribution is -2.01. The molecule has 0 fully saturated rings. The summed E-state index contributed by atoms with van der Waals surface area (Å²) in [6.45, 7) is 0.743. The molecule has 0 saturated carbocycles. The lowest BCUT2D eigenvalue weighted by Gasteiger charge is -2.14. The average Bonchev–Trinajstić information content (AvgIpc) is 2.30. The summed E-state index contributed by atoms with van der Waals surface area (Å²) in [5.41, 5.74) is 1.25. The summed E-state index contributed by atoms with van der Waals surface area (Å²) in [7, 11) is 0. The van der Waals surface area contributed by atoms with E-state index in [2.05, 4.69) is 0 Å². The van der Waals surface area contributed by atoms with Gasteiger partial charge in [-0.25, -0.2) is 4.79 Å². The zero-order chi connectivity index (χ0) is 10.7. The number of ether oxygens (including phenoxy) is 1. The Morgan fingerprint density at radius 3 is 2.53 bits per heavy atom. The number of allylic oxidation sites excluding steroid dienone is 1. The second-order valence-electron chi connectivity index (χ2n) is 3.44. The van der Waals surface area contributed by atoms with Crippen molar-refractivity contribution < 1.29 is 14.6 Å². The van der Waals surface area contributed by atoms with E-state index in [1.54, 1.807) is 24.3 Å². The minimum absolute atomic E-state index is 0.301. The Kier molecular flexibility index (Phi) is 2.72. The summed E-state index contributed by atoms with van der Waals surface area (Å²) in [6, 6.07) is 6.74. The van der Waals surface area contributed by atoms with Gasteiger partial charge in [-0.3, -0.25) is 0 Å². The monoisotopic (exact) mass is 204 g/mol. The fraction of sp³-hybridized carbons (Fsp3) is 0.250. The van der Waals surface area contributed by atoms with Crippen molar-refractivity contribution in [2.75, 3.05) is 6.61 Å². The Balaban J connectivity index is 2.23. The standard InChI is InChI=1S/C12H12O3/c13-12(14)10-6-4-9(5-7-10)11-3-1-2-8-15-11/h3-7H,1-2,8H2,(H,13,14). The van der Waals surface area contributed by atoms with Gasteiger partial charge in [0, 0.05) is 5.56 Å². The molecule has 0 radical (unpaired) electrons. The summed E-state index contributed by atoms with van der Waals surface area (Å²) in [5.74, 6) is -0.0433. The van der Waals surface area contributed by atoms with E-state index >= 15 is 0 Å². The molecular weight excluding hydrogens is 192 g/mol. The number of carbonyl (C=O) groups is 1. The predicted octanol–water partition coefficient (Wildman–Crippen LogP) is 2.54. The van der Waals surface area contributed by atoms with Crippen LogP contribution in [-0.2, 0) is 4.74 Å². The molecule has 1 aromatic rings. The first-order valence-corrected chi connectivity index (χ1v) is 4.94. The molecule has 0 aliphatic carbocycles. The van der Waals surface area contributed by atoms with Gasteiger partial charge in [0.2, 0.25) is 0 Å². The van der Waals surface area contributed by atoms with Gasteiger partial charge < -0.3 is 9.84 Å². The van der Waals surface area contributed by atoms with Crippen molar-refractivity contribution in [1.29, 1.82) is 0 Å². The van der Waals surface area contributed by atoms with Crippen LogP contribution in [0.3, 0.4) is 0 Å². The Labute approximate surface area is 88.0 Å². The largest absolute Gasteiger partial charge is 0.493 e. The first-order chi connectivity index (χ1) is 7.27. The normalized spacial score (nSPS) is 15.3. The molecular formula is C12H12O3. The van der Waals surface area contributed by atoms with E-state index in [4.69, 9.17) is 9.84 Å². The van der Waals surface area contributed by atoms with Crippen molar-refractivity contribution >= 4 is 11.7 Å². The van der Waals surface area contributed by atoms with E-state index in [1.807, 2.05) is 6.08 Å². The van der Waals surface area contributed by atoms with Gasteiger partial charge in [-0.15, -0.1) is 0 Å². The molecule has 2 rings (SSSR count). The molecule has 0 bridgehead atoms. The van der Waals surface area contributed by atoms with E-state index in [1.165, 1.54) is 0 Å². The highest BCUT2D eigenvalue weighted by molar-refractivity contribution is 5.87. The molecule has 0 saturated heterocycles. The van der Waals surface area contributed by atoms with Crippen molar-refractivity contribution in [1.82, 2.24) is 0 Å². The fourth-order valence-electron chi connectivity index (χ4n) is 1.54. The van der Waals surface area contributed by atoms with Crippen molar-refractivity contribution in [3.63, 3.8) is 0 Å². The van der Waals surface area contributed by atoms with E-state index in [0.29, 0.717) is 5.56 Å². The number of carboxylic acids is 1. The second kappa shape index (κ2) is 4.17. The van der Waals surface area contributed by atoms with Gasteiger partial charge in [0.25, 0.3) is 0 Å². The van der Waals surface area contributed by atoms with Crippen LogP contribution in [0, 0.1) is 0 Å². The van der Waals surface area contributed by atoms with E-state index < -0.39 is 5.97 Å². The van der Waals surface area contributed by atoms with Gasteiger partial charge in [0.05, 0.1) is 12.2 Å². The first-order valence-electron chi connectivity index (χ1n) is 4.94. The summed E-state index contributed by atoms with van der Waals surface area (Å²) < 4.78 is 5.48. The molecule has 3 nitrogen and oxygen atoms in total. The number of benzene rings is 1. The molecule has 1 aliphatic heterocycles. The maximum atomic E-state index is 10.6. The average molecular weight is 204 g/mol. The Bertz CT molecular complexity index is 390. The first kappa shape index (κ1) is 9.77. The van der Waals surface area contributed by atoms with Crippen LogP contribution in [0.15, 0.2) is 30.3 Å². The van der Waals surface area contributed by atoms with Crippen LogP contribution in [0.25, 0.3) is 5.76 Å². The molecule has 78 valence electrons. The SMILES string of the molecule is O=C(O)c1ccc(C2=CCCCO2)cc1. The van der Waals surface area contributed by atoms with E-state index in [-0.39, 0.29) is 0 Å². The number of hydrogen-bond acceptors (Lipinski definition) is 2. The summed E-state index contributed by atoms with van der Waals surface area (Å²) in [5, 5.41) is 8.74. The minimum atomic E-state index is -0.903. The highest BCUT2D eigenvalue weighted by atomic mass is 16.5. The summed E-state index contributed by atoms with van der Waals surface area (Å²) >= 11 is 0. The summed E-state index contributed by atoms with van der Waals surface area (Å²) in [4.78, 5) is 10.6. The zero-order valence-electron chi connectivity index (χ0n) is 8.27. The van der Waals surface area contributed by atoms with Crippen LogP contribution in [0.4, 0.5) is 0 Å². The van der Waals surface area contributed by atoms with Crippen LogP contribution in [0.2, 0.25) is 0 Å². The van der Waals surface area contributed by atoms with Crippen LogP contribution in [-0.4, -0.2) is 17.7 Å². The van der Waals surface area contributed by atoms with Gasteiger partial charge >= 0.3 is 5.97 Å². The van der Waals surface area contributed by atoms with E-state index in [0.717, 1.165) is 30.8 Å². The molecule has 0 spiro atoms. The Hall–Kier alpha value is -1.77. The highest BCUT2D eigenvalue weighted by Gasteiger charge is 2.08. The quantitative estimate of drug-likeness (QED) is 0.805. The molecule has 0 aromatic heterocycles. The number of carboxylic acid groups (broad SMARTS) is 1. The molecule has 0 unspecified atom stereocenters. The van der Waals surface area contributed by atoms with Gasteiger partial charge in [-0.2, -0.15) is 0 Å². The Morgan fingerprint density at radius 1 is 1.27 bits per heavy atom. The maximum Gasteiger partial charge on any atom is 0.335 e. The molecule has 1 aliphatic rings. The number of hydrogen-bond donors (Lipinski definition) is 1. The molecule has 1 heterocycles. The molecule has 1 aromatic carbocycles. The third-order valence-corrected chi connectivity index (χ3v) is 2.35. The highest BCUT2D eigenvalue weighted by Crippen LogP contribution is 2.21.